The lowest BCUT2D eigenvalue weighted by Crippen LogP contribution is -2.62. The minimum absolute atomic E-state index is 0.0514. The van der Waals surface area contributed by atoms with Crippen LogP contribution in [0.25, 0.3) is 0 Å². The Morgan fingerprint density at radius 1 is 0.949 bits per heavy atom. The van der Waals surface area contributed by atoms with Gasteiger partial charge in [0.1, 0.15) is 6.54 Å². The molecular formula is C30H50N2O7. The molecule has 39 heavy (non-hydrogen) atoms. The van der Waals surface area contributed by atoms with E-state index < -0.39 is 24.1 Å². The van der Waals surface area contributed by atoms with Crippen LogP contribution in [0.3, 0.4) is 0 Å². The monoisotopic (exact) mass is 550 g/mol. The predicted octanol–water partition coefficient (Wildman–Crippen LogP) is 2.16. The molecule has 0 radical (unpaired) electrons. The number of carbonyl (C=O) groups excluding carboxylic acids is 3. The average Bonchev–Trinajstić information content (AvgIpc) is 3.25. The first-order valence-electron chi connectivity index (χ1n) is 15.1. The minimum atomic E-state index is -0.516. The van der Waals surface area contributed by atoms with Crippen LogP contribution in [0.4, 0.5) is 0 Å². The van der Waals surface area contributed by atoms with Gasteiger partial charge < -0.3 is 30.7 Å². The van der Waals surface area contributed by atoms with E-state index in [2.05, 4.69) is 31.4 Å². The molecular weight excluding hydrogens is 500 g/mol. The molecule has 0 spiro atoms. The standard InChI is InChI=1S/C30H50N2O7/c1-5-39-27(38)16-32-26(37)15-31-25(36)9-6-17(2)20-7-8-21-28-22(14-24(35)30(20,21)4)29(3)11-10-19(33)12-18(29)13-23(28)34/h17-24,28,33-35H,5-16H2,1-4H3,(H,31,36)(H,32,37)/t17-,18+,19-,20-,21+,22+,23-,24+,28+,29+,30-/m1/s1. The smallest absolute Gasteiger partial charge is 0.325 e. The Hall–Kier alpha value is -1.71. The Morgan fingerprint density at radius 2 is 1.67 bits per heavy atom. The summed E-state index contributed by atoms with van der Waals surface area (Å²) in [6, 6.07) is 0. The van der Waals surface area contributed by atoms with E-state index in [-0.39, 0.29) is 78.5 Å². The number of rotatable bonds is 9. The number of aliphatic hydroxyl groups excluding tert-OH is 3. The summed E-state index contributed by atoms with van der Waals surface area (Å²) in [5.41, 5.74) is -0.252. The van der Waals surface area contributed by atoms with Gasteiger partial charge in [0.25, 0.3) is 0 Å². The van der Waals surface area contributed by atoms with E-state index in [0.717, 1.165) is 38.5 Å². The molecule has 2 amide bonds. The summed E-state index contributed by atoms with van der Waals surface area (Å²) < 4.78 is 4.77. The maximum Gasteiger partial charge on any atom is 0.325 e. The van der Waals surface area contributed by atoms with E-state index in [4.69, 9.17) is 4.74 Å². The second-order valence-electron chi connectivity index (χ2n) is 13.4. The first kappa shape index (κ1) is 30.3. The largest absolute Gasteiger partial charge is 0.465 e. The highest BCUT2D eigenvalue weighted by Gasteiger charge is 2.65. The minimum Gasteiger partial charge on any atom is -0.465 e. The molecule has 0 saturated heterocycles. The fraction of sp³-hybridized carbons (Fsp3) is 0.900. The zero-order chi connectivity index (χ0) is 28.5. The number of fused-ring (bicyclic) bond motifs is 5. The van der Waals surface area contributed by atoms with Crippen molar-refractivity contribution in [1.82, 2.24) is 10.6 Å². The van der Waals surface area contributed by atoms with Gasteiger partial charge in [-0.25, -0.2) is 0 Å². The number of aliphatic hydroxyl groups is 3. The van der Waals surface area contributed by atoms with Crippen molar-refractivity contribution in [3.63, 3.8) is 0 Å². The van der Waals surface area contributed by atoms with Gasteiger partial charge in [-0.15, -0.1) is 0 Å². The van der Waals surface area contributed by atoms with E-state index in [0.29, 0.717) is 18.8 Å². The Balaban J connectivity index is 1.33. The lowest BCUT2D eigenvalue weighted by atomic mass is 9.43. The molecule has 9 nitrogen and oxygen atoms in total. The van der Waals surface area contributed by atoms with Gasteiger partial charge in [0.05, 0.1) is 31.5 Å². The summed E-state index contributed by atoms with van der Waals surface area (Å²) >= 11 is 0. The highest BCUT2D eigenvalue weighted by molar-refractivity contribution is 5.86. The number of nitrogens with one attached hydrogen (secondary N) is 2. The zero-order valence-corrected chi connectivity index (χ0v) is 24.2. The Labute approximate surface area is 232 Å². The third kappa shape index (κ3) is 5.87. The summed E-state index contributed by atoms with van der Waals surface area (Å²) in [6.45, 7) is 8.24. The van der Waals surface area contributed by atoms with Gasteiger partial charge in [0, 0.05) is 6.42 Å². The Morgan fingerprint density at radius 3 is 2.38 bits per heavy atom. The fourth-order valence-electron chi connectivity index (χ4n) is 9.40. The number of esters is 1. The van der Waals surface area contributed by atoms with E-state index in [1.54, 1.807) is 6.92 Å². The third-order valence-corrected chi connectivity index (χ3v) is 11.5. The molecule has 222 valence electrons. The number of ether oxygens (including phenoxy) is 1. The van der Waals surface area contributed by atoms with Crippen molar-refractivity contribution in [2.75, 3.05) is 19.7 Å². The van der Waals surface area contributed by atoms with Gasteiger partial charge in [0.15, 0.2) is 0 Å². The summed E-state index contributed by atoms with van der Waals surface area (Å²) in [6.07, 6.45) is 5.73. The van der Waals surface area contributed by atoms with Crippen molar-refractivity contribution in [3.05, 3.63) is 0 Å². The van der Waals surface area contributed by atoms with Crippen molar-refractivity contribution in [3.8, 4) is 0 Å². The van der Waals surface area contributed by atoms with Crippen LogP contribution in [0.2, 0.25) is 0 Å². The second-order valence-corrected chi connectivity index (χ2v) is 13.4. The molecule has 0 aliphatic heterocycles. The molecule has 0 aromatic carbocycles. The topological polar surface area (TPSA) is 145 Å². The van der Waals surface area contributed by atoms with Gasteiger partial charge in [0.2, 0.25) is 11.8 Å². The first-order chi connectivity index (χ1) is 18.4. The lowest BCUT2D eigenvalue weighted by Gasteiger charge is -2.63. The number of carbonyl (C=O) groups is 3. The van der Waals surface area contributed by atoms with Gasteiger partial charge >= 0.3 is 5.97 Å². The molecule has 0 heterocycles. The van der Waals surface area contributed by atoms with E-state index >= 15 is 0 Å². The SMILES string of the molecule is CCOC(=O)CNC(=O)CNC(=O)CC[C@@H](C)[C@H]1CC[C@H]2[C@@H]3[C@H](O)C[C@@H]4C[C@H](O)CC[C@]4(C)[C@H]3C[C@H](O)[C@]12C. The number of hydrogen-bond acceptors (Lipinski definition) is 7. The lowest BCUT2D eigenvalue weighted by molar-refractivity contribution is -0.207. The molecule has 11 atom stereocenters. The molecule has 0 bridgehead atoms. The van der Waals surface area contributed by atoms with Crippen LogP contribution in [0, 0.1) is 46.3 Å². The molecule has 4 aliphatic carbocycles. The fourth-order valence-corrected chi connectivity index (χ4v) is 9.40. The van der Waals surface area contributed by atoms with Crippen molar-refractivity contribution in [2.24, 2.45) is 46.3 Å². The summed E-state index contributed by atoms with van der Waals surface area (Å²) in [5.74, 6) is 0.283. The Bertz CT molecular complexity index is 914. The van der Waals surface area contributed by atoms with Gasteiger partial charge in [-0.3, -0.25) is 14.4 Å². The maximum atomic E-state index is 12.5. The highest BCUT2D eigenvalue weighted by Crippen LogP contribution is 2.68. The zero-order valence-electron chi connectivity index (χ0n) is 24.2. The molecule has 0 unspecified atom stereocenters. The van der Waals surface area contributed by atoms with Crippen molar-refractivity contribution >= 4 is 17.8 Å². The molecule has 4 fully saturated rings. The van der Waals surface area contributed by atoms with Crippen molar-refractivity contribution in [1.29, 1.82) is 0 Å². The molecule has 0 aromatic heterocycles. The van der Waals surface area contributed by atoms with Crippen LogP contribution in [-0.4, -0.2) is 71.1 Å². The van der Waals surface area contributed by atoms with Crippen molar-refractivity contribution < 1.29 is 34.4 Å². The molecule has 4 saturated carbocycles. The quantitative estimate of drug-likeness (QED) is 0.277. The van der Waals surface area contributed by atoms with E-state index in [9.17, 15) is 29.7 Å². The Kier molecular flexibility index (Phi) is 9.33. The van der Waals surface area contributed by atoms with Gasteiger partial charge in [-0.2, -0.15) is 0 Å². The second kappa shape index (κ2) is 12.0. The van der Waals surface area contributed by atoms with E-state index in [1.807, 2.05) is 0 Å². The third-order valence-electron chi connectivity index (χ3n) is 11.5. The molecule has 0 aromatic rings. The van der Waals surface area contributed by atoms with Crippen LogP contribution < -0.4 is 10.6 Å². The normalized spacial score (nSPS) is 41.9. The summed E-state index contributed by atoms with van der Waals surface area (Å²) in [4.78, 5) is 35.7. The van der Waals surface area contributed by atoms with Crippen LogP contribution in [-0.2, 0) is 19.1 Å². The molecule has 5 N–H and O–H groups in total. The van der Waals surface area contributed by atoms with Gasteiger partial charge in [-0.05, 0) is 105 Å². The predicted molar refractivity (Wildman–Crippen MR) is 145 cm³/mol. The maximum absolute atomic E-state index is 12.5. The number of amides is 2. The first-order valence-corrected chi connectivity index (χ1v) is 15.1. The molecule has 4 rings (SSSR count). The number of hydrogen-bond donors (Lipinski definition) is 5. The van der Waals surface area contributed by atoms with Crippen LogP contribution in [0.15, 0.2) is 0 Å². The summed E-state index contributed by atoms with van der Waals surface area (Å²) in [5, 5.41) is 38.5. The average molecular weight is 551 g/mol. The van der Waals surface area contributed by atoms with Crippen molar-refractivity contribution in [2.45, 2.75) is 104 Å². The van der Waals surface area contributed by atoms with Crippen LogP contribution in [0.5, 0.6) is 0 Å². The van der Waals surface area contributed by atoms with Crippen LogP contribution in [0.1, 0.15) is 85.5 Å². The van der Waals surface area contributed by atoms with Crippen LogP contribution >= 0.6 is 0 Å². The molecule has 9 heteroatoms. The van der Waals surface area contributed by atoms with E-state index in [1.165, 1.54) is 0 Å². The summed E-state index contributed by atoms with van der Waals surface area (Å²) in [7, 11) is 0. The van der Waals surface area contributed by atoms with Gasteiger partial charge in [-0.1, -0.05) is 20.8 Å². The molecule has 4 aliphatic rings. The highest BCUT2D eigenvalue weighted by atomic mass is 16.5.